The van der Waals surface area contributed by atoms with Crippen LogP contribution in [0, 0.1) is 5.92 Å². The minimum Gasteiger partial charge on any atom is -0.497 e. The van der Waals surface area contributed by atoms with Crippen LogP contribution in [-0.2, 0) is 11.2 Å². The molecule has 0 radical (unpaired) electrons. The topological polar surface area (TPSA) is 64.1 Å². The fourth-order valence-corrected chi connectivity index (χ4v) is 1.82. The number of methoxy groups -OCH3 is 1. The standard InChI is InChI=1S/C15H17N3O2/c1-11(9-12-3-5-13(20-2)6-4-12)15(19)18-14-10-16-7-8-17-14/h3-8,10-11H,9H2,1-2H3,(H,17,18,19). The molecule has 0 aliphatic rings. The zero-order chi connectivity index (χ0) is 14.4. The number of hydrogen-bond donors (Lipinski definition) is 1. The van der Waals surface area contributed by atoms with Gasteiger partial charge in [-0.3, -0.25) is 9.78 Å². The molecule has 0 fully saturated rings. The van der Waals surface area contributed by atoms with Crippen LogP contribution in [0.3, 0.4) is 0 Å². The van der Waals surface area contributed by atoms with E-state index in [-0.39, 0.29) is 11.8 Å². The predicted octanol–water partition coefficient (Wildman–Crippen LogP) is 2.30. The summed E-state index contributed by atoms with van der Waals surface area (Å²) in [5.41, 5.74) is 1.09. The average molecular weight is 271 g/mol. The van der Waals surface area contributed by atoms with Crippen LogP contribution in [-0.4, -0.2) is 23.0 Å². The number of anilines is 1. The van der Waals surface area contributed by atoms with Crippen LogP contribution in [0.4, 0.5) is 5.82 Å². The van der Waals surface area contributed by atoms with Crippen molar-refractivity contribution in [1.82, 2.24) is 9.97 Å². The fraction of sp³-hybridized carbons (Fsp3) is 0.267. The molecule has 1 unspecified atom stereocenters. The Morgan fingerprint density at radius 2 is 2.05 bits per heavy atom. The van der Waals surface area contributed by atoms with Gasteiger partial charge in [0.05, 0.1) is 13.3 Å². The smallest absolute Gasteiger partial charge is 0.228 e. The monoisotopic (exact) mass is 271 g/mol. The SMILES string of the molecule is COc1ccc(CC(C)C(=O)Nc2cnccn2)cc1. The number of ether oxygens (including phenoxy) is 1. The van der Waals surface area contributed by atoms with Gasteiger partial charge in [0.15, 0.2) is 5.82 Å². The molecule has 5 nitrogen and oxygen atoms in total. The number of amides is 1. The highest BCUT2D eigenvalue weighted by Gasteiger charge is 2.14. The summed E-state index contributed by atoms with van der Waals surface area (Å²) in [6.45, 7) is 1.88. The van der Waals surface area contributed by atoms with Gasteiger partial charge in [0.1, 0.15) is 5.75 Å². The maximum absolute atomic E-state index is 12.0. The Bertz CT molecular complexity index is 555. The van der Waals surface area contributed by atoms with Crippen LogP contribution in [0.15, 0.2) is 42.9 Å². The molecule has 1 aromatic heterocycles. The molecule has 0 aliphatic carbocycles. The minimum absolute atomic E-state index is 0.0682. The highest BCUT2D eigenvalue weighted by Crippen LogP contribution is 2.15. The lowest BCUT2D eigenvalue weighted by Crippen LogP contribution is -2.22. The van der Waals surface area contributed by atoms with Crippen LogP contribution in [0.1, 0.15) is 12.5 Å². The van der Waals surface area contributed by atoms with Crippen molar-refractivity contribution in [3.63, 3.8) is 0 Å². The van der Waals surface area contributed by atoms with Crippen LogP contribution >= 0.6 is 0 Å². The molecule has 0 spiro atoms. The lowest BCUT2D eigenvalue weighted by molar-refractivity contribution is -0.119. The molecule has 1 heterocycles. The molecule has 1 N–H and O–H groups in total. The van der Waals surface area contributed by atoms with E-state index in [0.717, 1.165) is 11.3 Å². The third-order valence-corrected chi connectivity index (χ3v) is 2.96. The van der Waals surface area contributed by atoms with E-state index in [1.165, 1.54) is 6.20 Å². The van der Waals surface area contributed by atoms with Crippen molar-refractivity contribution in [3.8, 4) is 5.75 Å². The van der Waals surface area contributed by atoms with E-state index in [4.69, 9.17) is 4.74 Å². The summed E-state index contributed by atoms with van der Waals surface area (Å²) in [6, 6.07) is 7.71. The first-order chi connectivity index (χ1) is 9.69. The molecule has 1 atom stereocenters. The van der Waals surface area contributed by atoms with Gasteiger partial charge in [-0.15, -0.1) is 0 Å². The Labute approximate surface area is 118 Å². The van der Waals surface area contributed by atoms with E-state index in [1.54, 1.807) is 19.5 Å². The molecule has 0 saturated heterocycles. The maximum Gasteiger partial charge on any atom is 0.228 e. The minimum atomic E-state index is -0.148. The van der Waals surface area contributed by atoms with Gasteiger partial charge in [-0.25, -0.2) is 4.98 Å². The first kappa shape index (κ1) is 14.0. The van der Waals surface area contributed by atoms with Gasteiger partial charge in [0, 0.05) is 18.3 Å². The van der Waals surface area contributed by atoms with Gasteiger partial charge in [0.25, 0.3) is 0 Å². The number of hydrogen-bond acceptors (Lipinski definition) is 4. The summed E-state index contributed by atoms with van der Waals surface area (Å²) in [5.74, 6) is 1.07. The summed E-state index contributed by atoms with van der Waals surface area (Å²) in [7, 11) is 1.63. The molecular weight excluding hydrogens is 254 g/mol. The van der Waals surface area contributed by atoms with E-state index in [9.17, 15) is 4.79 Å². The average Bonchev–Trinajstić information content (AvgIpc) is 2.49. The molecule has 2 aromatic rings. The van der Waals surface area contributed by atoms with Gasteiger partial charge in [0.2, 0.25) is 5.91 Å². The van der Waals surface area contributed by atoms with Crippen LogP contribution in [0.5, 0.6) is 5.75 Å². The van der Waals surface area contributed by atoms with E-state index in [0.29, 0.717) is 12.2 Å². The van der Waals surface area contributed by atoms with Gasteiger partial charge < -0.3 is 10.1 Å². The van der Waals surface area contributed by atoms with Crippen molar-refractivity contribution in [2.75, 3.05) is 12.4 Å². The van der Waals surface area contributed by atoms with E-state index >= 15 is 0 Å². The lowest BCUT2D eigenvalue weighted by Gasteiger charge is -2.11. The molecule has 5 heteroatoms. The Morgan fingerprint density at radius 1 is 1.30 bits per heavy atom. The highest BCUT2D eigenvalue weighted by molar-refractivity contribution is 5.91. The first-order valence-electron chi connectivity index (χ1n) is 6.39. The molecule has 0 saturated carbocycles. The van der Waals surface area contributed by atoms with Crippen molar-refractivity contribution in [1.29, 1.82) is 0 Å². The summed E-state index contributed by atoms with van der Waals surface area (Å²) in [5, 5.41) is 2.75. The Kier molecular flexibility index (Phi) is 4.65. The lowest BCUT2D eigenvalue weighted by atomic mass is 10.0. The number of carbonyl (C=O) groups excluding carboxylic acids is 1. The van der Waals surface area contributed by atoms with E-state index in [2.05, 4.69) is 15.3 Å². The van der Waals surface area contributed by atoms with Gasteiger partial charge in [-0.05, 0) is 24.1 Å². The van der Waals surface area contributed by atoms with E-state index in [1.807, 2.05) is 31.2 Å². The van der Waals surface area contributed by atoms with Crippen LogP contribution < -0.4 is 10.1 Å². The normalized spacial score (nSPS) is 11.7. The molecule has 1 aromatic carbocycles. The molecule has 20 heavy (non-hydrogen) atoms. The van der Waals surface area contributed by atoms with Crippen molar-refractivity contribution >= 4 is 11.7 Å². The van der Waals surface area contributed by atoms with Gasteiger partial charge >= 0.3 is 0 Å². The molecular formula is C15H17N3O2. The van der Waals surface area contributed by atoms with Crippen LogP contribution in [0.2, 0.25) is 0 Å². The molecule has 0 aliphatic heterocycles. The molecule has 2 rings (SSSR count). The second-order valence-electron chi connectivity index (χ2n) is 4.53. The van der Waals surface area contributed by atoms with Crippen molar-refractivity contribution < 1.29 is 9.53 Å². The number of rotatable bonds is 5. The molecule has 1 amide bonds. The highest BCUT2D eigenvalue weighted by atomic mass is 16.5. The summed E-state index contributed by atoms with van der Waals surface area (Å²) < 4.78 is 5.11. The zero-order valence-corrected chi connectivity index (χ0v) is 11.5. The summed E-state index contributed by atoms with van der Waals surface area (Å²) in [6.07, 6.45) is 5.30. The van der Waals surface area contributed by atoms with Crippen LogP contribution in [0.25, 0.3) is 0 Å². The van der Waals surface area contributed by atoms with Crippen molar-refractivity contribution in [3.05, 3.63) is 48.4 Å². The predicted molar refractivity (Wildman–Crippen MR) is 76.5 cm³/mol. The maximum atomic E-state index is 12.0. The fourth-order valence-electron chi connectivity index (χ4n) is 1.82. The number of benzene rings is 1. The zero-order valence-electron chi connectivity index (χ0n) is 11.5. The second-order valence-corrected chi connectivity index (χ2v) is 4.53. The second kappa shape index (κ2) is 6.65. The third kappa shape index (κ3) is 3.78. The number of nitrogens with one attached hydrogen (secondary N) is 1. The number of aromatic nitrogens is 2. The summed E-state index contributed by atoms with van der Waals surface area (Å²) >= 11 is 0. The molecule has 0 bridgehead atoms. The summed E-state index contributed by atoms with van der Waals surface area (Å²) in [4.78, 5) is 20.0. The Hall–Kier alpha value is -2.43. The van der Waals surface area contributed by atoms with Crippen molar-refractivity contribution in [2.45, 2.75) is 13.3 Å². The quantitative estimate of drug-likeness (QED) is 0.906. The van der Waals surface area contributed by atoms with E-state index < -0.39 is 0 Å². The van der Waals surface area contributed by atoms with Crippen molar-refractivity contribution in [2.24, 2.45) is 5.92 Å². The van der Waals surface area contributed by atoms with Gasteiger partial charge in [-0.2, -0.15) is 0 Å². The number of nitrogens with zero attached hydrogens (tertiary/aromatic N) is 2. The first-order valence-corrected chi connectivity index (χ1v) is 6.39. The van der Waals surface area contributed by atoms with Gasteiger partial charge in [-0.1, -0.05) is 19.1 Å². The largest absolute Gasteiger partial charge is 0.497 e. The Balaban J connectivity index is 1.93. The third-order valence-electron chi connectivity index (χ3n) is 2.96. The number of carbonyl (C=O) groups is 1. The molecule has 104 valence electrons. The Morgan fingerprint density at radius 3 is 2.65 bits per heavy atom.